The summed E-state index contributed by atoms with van der Waals surface area (Å²) in [7, 11) is 0. The summed E-state index contributed by atoms with van der Waals surface area (Å²) in [6, 6.07) is 0. The van der Waals surface area contributed by atoms with Gasteiger partial charge in [-0.05, 0) is 18.6 Å². The predicted octanol–water partition coefficient (Wildman–Crippen LogP) is 0.607. The zero-order valence-electron chi connectivity index (χ0n) is 5.79. The second-order valence-corrected chi connectivity index (χ2v) is 2.45. The molecule has 0 unspecified atom stereocenters. The lowest BCUT2D eigenvalue weighted by Gasteiger charge is -1.94. The third-order valence-electron chi connectivity index (χ3n) is 1.20. The normalized spacial score (nSPS) is 10.1. The Kier molecular flexibility index (Phi) is 2.06. The van der Waals surface area contributed by atoms with Gasteiger partial charge in [-0.15, -0.1) is 0 Å². The Morgan fingerprint density at radius 3 is 2.90 bits per heavy atom. The maximum Gasteiger partial charge on any atom is 0.215 e. The molecule has 1 heterocycles. The number of aromatic nitrogens is 3. The first-order chi connectivity index (χ1) is 4.74. The number of hydrogen-bond donors (Lipinski definition) is 2. The second kappa shape index (κ2) is 2.83. The van der Waals surface area contributed by atoms with E-state index in [0.717, 1.165) is 18.7 Å². The van der Waals surface area contributed by atoms with Crippen LogP contribution in [0.2, 0.25) is 0 Å². The SMILES string of the molecule is CCCc1nc(=S)[nH]n1N. The summed E-state index contributed by atoms with van der Waals surface area (Å²) < 4.78 is 0.450. The van der Waals surface area contributed by atoms with Crippen molar-refractivity contribution in [2.24, 2.45) is 0 Å². The molecule has 0 aliphatic carbocycles. The Balaban J connectivity index is 2.92. The maximum absolute atomic E-state index is 5.46. The lowest BCUT2D eigenvalue weighted by atomic mass is 10.3. The summed E-state index contributed by atoms with van der Waals surface area (Å²) in [6.45, 7) is 2.07. The average Bonchev–Trinajstić information content (AvgIpc) is 2.13. The van der Waals surface area contributed by atoms with Crippen LogP contribution in [0.5, 0.6) is 0 Å². The van der Waals surface area contributed by atoms with Crippen LogP contribution in [0.15, 0.2) is 0 Å². The first-order valence-corrected chi connectivity index (χ1v) is 3.58. The third-order valence-corrected chi connectivity index (χ3v) is 1.38. The average molecular weight is 158 g/mol. The molecule has 0 bridgehead atoms. The molecule has 5 heteroatoms. The fourth-order valence-corrected chi connectivity index (χ4v) is 0.967. The lowest BCUT2D eigenvalue weighted by Crippen LogP contribution is -2.14. The number of aryl methyl sites for hydroxylation is 1. The number of hydrogen-bond acceptors (Lipinski definition) is 3. The van der Waals surface area contributed by atoms with Crippen molar-refractivity contribution in [3.8, 4) is 0 Å². The van der Waals surface area contributed by atoms with Crippen molar-refractivity contribution in [1.82, 2.24) is 14.9 Å². The van der Waals surface area contributed by atoms with E-state index in [9.17, 15) is 0 Å². The van der Waals surface area contributed by atoms with Crippen LogP contribution in [0, 0.1) is 4.77 Å². The first kappa shape index (κ1) is 7.27. The van der Waals surface area contributed by atoms with Crippen molar-refractivity contribution >= 4 is 12.2 Å². The van der Waals surface area contributed by atoms with E-state index in [1.807, 2.05) is 0 Å². The van der Waals surface area contributed by atoms with Crippen molar-refractivity contribution in [3.63, 3.8) is 0 Å². The van der Waals surface area contributed by atoms with Gasteiger partial charge in [-0.2, -0.15) is 4.79 Å². The highest BCUT2D eigenvalue weighted by molar-refractivity contribution is 7.71. The molecule has 56 valence electrons. The Morgan fingerprint density at radius 2 is 2.50 bits per heavy atom. The third kappa shape index (κ3) is 1.36. The summed E-state index contributed by atoms with van der Waals surface area (Å²) in [5.41, 5.74) is 0. The second-order valence-electron chi connectivity index (χ2n) is 2.06. The quantitative estimate of drug-likeness (QED) is 0.489. The van der Waals surface area contributed by atoms with Gasteiger partial charge in [0.15, 0.2) is 0 Å². The van der Waals surface area contributed by atoms with Crippen LogP contribution in [0.3, 0.4) is 0 Å². The molecule has 4 nitrogen and oxygen atoms in total. The monoisotopic (exact) mass is 158 g/mol. The highest BCUT2D eigenvalue weighted by Crippen LogP contribution is 1.94. The van der Waals surface area contributed by atoms with Crippen LogP contribution >= 0.6 is 12.2 Å². The molecule has 0 amide bonds. The zero-order chi connectivity index (χ0) is 7.56. The molecule has 0 saturated heterocycles. The summed E-state index contributed by atoms with van der Waals surface area (Å²) in [4.78, 5) is 5.36. The molecule has 10 heavy (non-hydrogen) atoms. The van der Waals surface area contributed by atoms with E-state index in [0.29, 0.717) is 4.77 Å². The largest absolute Gasteiger partial charge is 0.323 e. The number of nitrogens with zero attached hydrogens (tertiary/aromatic N) is 2. The fourth-order valence-electron chi connectivity index (χ4n) is 0.764. The molecule has 1 rings (SSSR count). The summed E-state index contributed by atoms with van der Waals surface area (Å²) >= 11 is 4.77. The van der Waals surface area contributed by atoms with Gasteiger partial charge in [0.25, 0.3) is 0 Å². The molecule has 0 spiro atoms. The zero-order valence-corrected chi connectivity index (χ0v) is 6.61. The summed E-state index contributed by atoms with van der Waals surface area (Å²) in [6.07, 6.45) is 1.89. The van der Waals surface area contributed by atoms with Crippen LogP contribution < -0.4 is 5.84 Å². The number of nitrogen functional groups attached to an aromatic ring is 1. The van der Waals surface area contributed by atoms with Crippen molar-refractivity contribution in [3.05, 3.63) is 10.6 Å². The molecule has 0 aliphatic heterocycles. The standard InChI is InChI=1S/C5H10N4S/c1-2-3-4-7-5(10)8-9(4)6/h2-3,6H2,1H3,(H,8,10). The van der Waals surface area contributed by atoms with Gasteiger partial charge in [-0.1, -0.05) is 6.92 Å². The summed E-state index contributed by atoms with van der Waals surface area (Å²) in [5, 5.41) is 2.69. The van der Waals surface area contributed by atoms with Crippen molar-refractivity contribution in [2.45, 2.75) is 19.8 Å². The number of rotatable bonds is 2. The number of nitrogens with two attached hydrogens (primary N) is 1. The Morgan fingerprint density at radius 1 is 1.80 bits per heavy atom. The van der Waals surface area contributed by atoms with Crippen LogP contribution in [0.4, 0.5) is 0 Å². The first-order valence-electron chi connectivity index (χ1n) is 3.17. The topological polar surface area (TPSA) is 59.6 Å². The smallest absolute Gasteiger partial charge is 0.215 e. The van der Waals surface area contributed by atoms with Gasteiger partial charge >= 0.3 is 0 Å². The van der Waals surface area contributed by atoms with Gasteiger partial charge in [0.1, 0.15) is 5.82 Å². The van der Waals surface area contributed by atoms with Gasteiger partial charge in [0, 0.05) is 6.42 Å². The van der Waals surface area contributed by atoms with Gasteiger partial charge in [-0.25, -0.2) is 4.98 Å². The van der Waals surface area contributed by atoms with Crippen molar-refractivity contribution in [2.75, 3.05) is 5.84 Å². The number of aromatic amines is 1. The van der Waals surface area contributed by atoms with Crippen LogP contribution in [-0.4, -0.2) is 14.9 Å². The van der Waals surface area contributed by atoms with E-state index < -0.39 is 0 Å². The highest BCUT2D eigenvalue weighted by atomic mass is 32.1. The predicted molar refractivity (Wildman–Crippen MR) is 41.6 cm³/mol. The van der Waals surface area contributed by atoms with E-state index in [-0.39, 0.29) is 0 Å². The Labute approximate surface area is 64.0 Å². The molecule has 0 radical (unpaired) electrons. The molecule has 1 aromatic rings. The van der Waals surface area contributed by atoms with Crippen LogP contribution in [-0.2, 0) is 6.42 Å². The minimum Gasteiger partial charge on any atom is -0.323 e. The minimum absolute atomic E-state index is 0.450. The minimum atomic E-state index is 0.450. The molecule has 0 saturated carbocycles. The molecule has 3 N–H and O–H groups in total. The molecule has 0 aliphatic rings. The van der Waals surface area contributed by atoms with Crippen LogP contribution in [0.1, 0.15) is 19.2 Å². The number of nitrogens with one attached hydrogen (secondary N) is 1. The van der Waals surface area contributed by atoms with Crippen LogP contribution in [0.25, 0.3) is 0 Å². The molecular weight excluding hydrogens is 148 g/mol. The maximum atomic E-state index is 5.46. The van der Waals surface area contributed by atoms with Gasteiger partial charge in [-0.3, -0.25) is 5.10 Å². The lowest BCUT2D eigenvalue weighted by molar-refractivity contribution is 0.728. The van der Waals surface area contributed by atoms with Crippen molar-refractivity contribution < 1.29 is 0 Å². The van der Waals surface area contributed by atoms with E-state index in [4.69, 9.17) is 18.1 Å². The summed E-state index contributed by atoms with van der Waals surface area (Å²) in [5.74, 6) is 6.27. The van der Waals surface area contributed by atoms with Gasteiger partial charge < -0.3 is 5.84 Å². The molecule has 1 aromatic heterocycles. The highest BCUT2D eigenvalue weighted by Gasteiger charge is 1.97. The molecule has 0 aromatic carbocycles. The fraction of sp³-hybridized carbons (Fsp3) is 0.600. The van der Waals surface area contributed by atoms with E-state index in [1.54, 1.807) is 0 Å². The van der Waals surface area contributed by atoms with E-state index in [1.165, 1.54) is 4.79 Å². The number of H-pyrrole nitrogens is 1. The van der Waals surface area contributed by atoms with E-state index >= 15 is 0 Å². The molecular formula is C5H10N4S. The Hall–Kier alpha value is -0.840. The Bertz CT molecular complexity index is 261. The van der Waals surface area contributed by atoms with E-state index in [2.05, 4.69) is 17.0 Å². The molecule has 0 atom stereocenters. The van der Waals surface area contributed by atoms with Gasteiger partial charge in [0.05, 0.1) is 0 Å². The van der Waals surface area contributed by atoms with Crippen molar-refractivity contribution in [1.29, 1.82) is 0 Å². The van der Waals surface area contributed by atoms with Gasteiger partial charge in [0.2, 0.25) is 4.77 Å². The molecule has 0 fully saturated rings.